The zero-order valence-electron chi connectivity index (χ0n) is 15.4. The summed E-state index contributed by atoms with van der Waals surface area (Å²) in [6, 6.07) is 3.81. The molecule has 0 aliphatic carbocycles. The van der Waals surface area contributed by atoms with Crippen molar-refractivity contribution in [2.45, 2.75) is 23.9 Å². The van der Waals surface area contributed by atoms with E-state index in [2.05, 4.69) is 15.9 Å². The molecule has 0 bridgehead atoms. The van der Waals surface area contributed by atoms with E-state index in [1.165, 1.54) is 18.2 Å². The lowest BCUT2D eigenvalue weighted by Gasteiger charge is -2.36. The molecule has 0 fully saturated rings. The third-order valence-electron chi connectivity index (χ3n) is 4.37. The lowest BCUT2D eigenvalue weighted by atomic mass is 9.86. The normalized spacial score (nSPS) is 14.8. The van der Waals surface area contributed by atoms with E-state index in [4.69, 9.17) is 22.1 Å². The fourth-order valence-electron chi connectivity index (χ4n) is 2.90. The van der Waals surface area contributed by atoms with E-state index < -0.39 is 44.9 Å². The van der Waals surface area contributed by atoms with Crippen LogP contribution < -0.4 is 10.5 Å². The molecule has 2 N–H and O–H groups in total. The monoisotopic (exact) mass is 557 g/mol. The number of halogens is 11. The van der Waals surface area contributed by atoms with Crippen LogP contribution in [0.15, 0.2) is 34.8 Å². The summed E-state index contributed by atoms with van der Waals surface area (Å²) in [5.41, 5.74) is -3.63. The number of methoxy groups -OCH3 is 1. The molecule has 3 nitrogen and oxygen atoms in total. The maximum Gasteiger partial charge on any atom is 0.457 e. The van der Waals surface area contributed by atoms with Crippen LogP contribution in [-0.2, 0) is 5.67 Å². The van der Waals surface area contributed by atoms with Gasteiger partial charge in [0.25, 0.3) is 5.91 Å². The molecule has 14 heteroatoms. The van der Waals surface area contributed by atoms with Gasteiger partial charge in [0.2, 0.25) is 0 Å². The van der Waals surface area contributed by atoms with Crippen LogP contribution >= 0.6 is 27.5 Å². The van der Waals surface area contributed by atoms with Crippen molar-refractivity contribution in [3.05, 3.63) is 51.0 Å². The standard InChI is InChI=1S/C18H10BrClF9NO2/c1-32-13-8(3-2-4-9(13)14(30)31)12-10(19)5-7(6-11(12)20)15(21,17(24,25)26)16(22,23)18(27,28)29/h2-6H,1H3,(H2,30,31). The molecule has 0 saturated carbocycles. The first kappa shape index (κ1) is 26.1. The van der Waals surface area contributed by atoms with Gasteiger partial charge in [-0.3, -0.25) is 4.79 Å². The topological polar surface area (TPSA) is 52.3 Å². The number of ether oxygens (including phenoxy) is 1. The molecule has 1 amide bonds. The van der Waals surface area contributed by atoms with E-state index in [0.717, 1.165) is 7.11 Å². The Balaban J connectivity index is 2.86. The SMILES string of the molecule is COc1c(C(N)=O)cccc1-c1c(Cl)cc(C(F)(C(F)(F)F)C(F)(F)C(F)(F)F)cc1Br. The Morgan fingerprint density at radius 2 is 1.56 bits per heavy atom. The van der Waals surface area contributed by atoms with E-state index in [-0.39, 0.29) is 34.6 Å². The molecule has 0 saturated heterocycles. The number of para-hydroxylation sites is 1. The number of amides is 1. The highest BCUT2D eigenvalue weighted by molar-refractivity contribution is 9.10. The Kier molecular flexibility index (Phi) is 6.79. The Bertz CT molecular complexity index is 1030. The molecule has 0 aliphatic rings. The average molecular weight is 559 g/mol. The lowest BCUT2D eigenvalue weighted by Crippen LogP contribution is -2.59. The van der Waals surface area contributed by atoms with Gasteiger partial charge in [0.1, 0.15) is 5.75 Å². The molecule has 2 aromatic rings. The first-order valence-corrected chi connectivity index (χ1v) is 9.25. The number of primary amides is 1. The second-order valence-corrected chi connectivity index (χ2v) is 7.56. The van der Waals surface area contributed by atoms with E-state index >= 15 is 0 Å². The predicted molar refractivity (Wildman–Crippen MR) is 99.5 cm³/mol. The van der Waals surface area contributed by atoms with E-state index in [0.29, 0.717) is 0 Å². The molecule has 0 heterocycles. The minimum Gasteiger partial charge on any atom is -0.495 e. The number of hydrogen-bond acceptors (Lipinski definition) is 2. The maximum atomic E-state index is 14.8. The van der Waals surface area contributed by atoms with Crippen molar-refractivity contribution in [2.24, 2.45) is 5.73 Å². The number of rotatable bonds is 5. The first-order chi connectivity index (χ1) is 14.4. The number of nitrogens with two attached hydrogens (primary N) is 1. The van der Waals surface area contributed by atoms with Gasteiger partial charge in [-0.2, -0.15) is 35.1 Å². The van der Waals surface area contributed by atoms with E-state index in [1.807, 2.05) is 0 Å². The Morgan fingerprint density at radius 1 is 1.00 bits per heavy atom. The maximum absolute atomic E-state index is 14.8. The Morgan fingerprint density at radius 3 is 1.97 bits per heavy atom. The van der Waals surface area contributed by atoms with E-state index in [9.17, 15) is 44.3 Å². The van der Waals surface area contributed by atoms with Gasteiger partial charge in [0.05, 0.1) is 17.7 Å². The van der Waals surface area contributed by atoms with Gasteiger partial charge in [-0.1, -0.05) is 39.7 Å². The van der Waals surface area contributed by atoms with Crippen molar-refractivity contribution >= 4 is 33.4 Å². The van der Waals surface area contributed by atoms with Crippen molar-refractivity contribution < 1.29 is 49.0 Å². The van der Waals surface area contributed by atoms with Gasteiger partial charge in [0, 0.05) is 21.2 Å². The molecule has 0 aliphatic heterocycles. The van der Waals surface area contributed by atoms with Crippen molar-refractivity contribution in [1.29, 1.82) is 0 Å². The summed E-state index contributed by atoms with van der Waals surface area (Å²) >= 11 is 8.61. The van der Waals surface area contributed by atoms with Gasteiger partial charge in [-0.05, 0) is 18.2 Å². The molecule has 0 aromatic heterocycles. The summed E-state index contributed by atoms with van der Waals surface area (Å²) in [5.74, 6) is -8.05. The molecule has 32 heavy (non-hydrogen) atoms. The van der Waals surface area contributed by atoms with Crippen LogP contribution in [0.25, 0.3) is 11.1 Å². The smallest absolute Gasteiger partial charge is 0.457 e. The minimum absolute atomic E-state index is 0.00876. The van der Waals surface area contributed by atoms with Crippen LogP contribution in [0.5, 0.6) is 5.75 Å². The van der Waals surface area contributed by atoms with Crippen molar-refractivity contribution in [1.82, 2.24) is 0 Å². The Labute approximate surface area is 187 Å². The van der Waals surface area contributed by atoms with Crippen LogP contribution in [0.4, 0.5) is 39.5 Å². The summed E-state index contributed by atoms with van der Waals surface area (Å²) in [4.78, 5) is 11.6. The largest absolute Gasteiger partial charge is 0.495 e. The second-order valence-electron chi connectivity index (χ2n) is 6.29. The quantitative estimate of drug-likeness (QED) is 0.411. The van der Waals surface area contributed by atoms with Gasteiger partial charge in [-0.25, -0.2) is 4.39 Å². The molecule has 0 radical (unpaired) electrons. The van der Waals surface area contributed by atoms with Crippen molar-refractivity contribution in [3.8, 4) is 16.9 Å². The molecule has 1 atom stereocenters. The molecule has 1 unspecified atom stereocenters. The van der Waals surface area contributed by atoms with Gasteiger partial charge in [0.15, 0.2) is 0 Å². The highest BCUT2D eigenvalue weighted by Crippen LogP contribution is 2.59. The summed E-state index contributed by atoms with van der Waals surface area (Å²) in [6.45, 7) is 0. The van der Waals surface area contributed by atoms with Crippen LogP contribution in [0.2, 0.25) is 5.02 Å². The van der Waals surface area contributed by atoms with Crippen LogP contribution in [0, 0.1) is 0 Å². The number of benzene rings is 2. The van der Waals surface area contributed by atoms with Gasteiger partial charge < -0.3 is 10.5 Å². The second kappa shape index (κ2) is 8.32. The number of carbonyl (C=O) groups excluding carboxylic acids is 1. The Hall–Kier alpha value is -2.15. The minimum atomic E-state index is -6.88. The van der Waals surface area contributed by atoms with Crippen LogP contribution in [0.1, 0.15) is 15.9 Å². The molecule has 176 valence electrons. The molecule has 2 rings (SSSR count). The zero-order chi connectivity index (χ0) is 24.9. The lowest BCUT2D eigenvalue weighted by molar-refractivity contribution is -0.389. The van der Waals surface area contributed by atoms with Crippen LogP contribution in [0.3, 0.4) is 0 Å². The summed E-state index contributed by atoms with van der Waals surface area (Å²) < 4.78 is 125. The number of hydrogen-bond donors (Lipinski definition) is 1. The van der Waals surface area contributed by atoms with Crippen molar-refractivity contribution in [3.63, 3.8) is 0 Å². The first-order valence-electron chi connectivity index (χ1n) is 8.08. The van der Waals surface area contributed by atoms with Gasteiger partial charge >= 0.3 is 23.9 Å². The summed E-state index contributed by atoms with van der Waals surface area (Å²) in [7, 11) is 1.10. The average Bonchev–Trinajstić information content (AvgIpc) is 2.64. The number of alkyl halides is 9. The zero-order valence-corrected chi connectivity index (χ0v) is 17.8. The van der Waals surface area contributed by atoms with Crippen LogP contribution in [-0.4, -0.2) is 31.3 Å². The number of carbonyl (C=O) groups is 1. The third kappa shape index (κ3) is 4.00. The molecule has 2 aromatic carbocycles. The predicted octanol–water partition coefficient (Wildman–Crippen LogP) is 6.80. The third-order valence-corrected chi connectivity index (χ3v) is 5.30. The summed E-state index contributed by atoms with van der Waals surface area (Å²) in [6.07, 6.45) is -13.6. The van der Waals surface area contributed by atoms with E-state index in [1.54, 1.807) is 0 Å². The fourth-order valence-corrected chi connectivity index (χ4v) is 4.00. The van der Waals surface area contributed by atoms with Gasteiger partial charge in [-0.15, -0.1) is 0 Å². The summed E-state index contributed by atoms with van der Waals surface area (Å²) in [5, 5.41) is -0.849. The highest BCUT2D eigenvalue weighted by atomic mass is 79.9. The molecular formula is C18H10BrClF9NO2. The molecule has 0 spiro atoms. The fraction of sp³-hybridized carbons (Fsp3) is 0.278. The highest BCUT2D eigenvalue weighted by Gasteiger charge is 2.81. The molecular weight excluding hydrogens is 549 g/mol. The van der Waals surface area contributed by atoms with Crippen molar-refractivity contribution in [2.75, 3.05) is 7.11 Å².